The van der Waals surface area contributed by atoms with E-state index < -0.39 is 0 Å². The molecule has 0 aliphatic heterocycles. The van der Waals surface area contributed by atoms with Crippen LogP contribution in [0, 0.1) is 0 Å². The molecule has 29 heavy (non-hydrogen) atoms. The molecule has 150 valence electrons. The van der Waals surface area contributed by atoms with E-state index in [-0.39, 0.29) is 18.3 Å². The lowest BCUT2D eigenvalue weighted by Gasteiger charge is -2.21. The van der Waals surface area contributed by atoms with Crippen LogP contribution in [0.15, 0.2) is 66.7 Å². The van der Waals surface area contributed by atoms with Crippen molar-refractivity contribution < 1.29 is 4.79 Å². The van der Waals surface area contributed by atoms with Crippen molar-refractivity contribution in [2.45, 2.75) is 6.42 Å². The highest BCUT2D eigenvalue weighted by Gasteiger charge is 2.21. The Labute approximate surface area is 181 Å². The van der Waals surface area contributed by atoms with E-state index >= 15 is 0 Å². The first-order valence-electron chi connectivity index (χ1n) is 9.43. The first-order valence-corrected chi connectivity index (χ1v) is 10.2. The SMILES string of the molecule is CN(C)CCCN(C(=O)c1ccc2ccccc2c1)c1nc2ccccc2s1.Cl. The number of nitrogens with zero attached hydrogens (tertiary/aromatic N) is 3. The zero-order valence-corrected chi connectivity index (χ0v) is 18.2. The van der Waals surface area contributed by atoms with Gasteiger partial charge in [0.2, 0.25) is 0 Å². The van der Waals surface area contributed by atoms with Gasteiger partial charge in [-0.05, 0) is 62.1 Å². The quantitative estimate of drug-likeness (QED) is 0.411. The summed E-state index contributed by atoms with van der Waals surface area (Å²) in [5.74, 6) is 0.00330. The van der Waals surface area contributed by atoms with Gasteiger partial charge in [-0.2, -0.15) is 0 Å². The smallest absolute Gasteiger partial charge is 0.260 e. The van der Waals surface area contributed by atoms with Crippen LogP contribution in [0.25, 0.3) is 21.0 Å². The monoisotopic (exact) mass is 425 g/mol. The van der Waals surface area contributed by atoms with E-state index in [4.69, 9.17) is 4.98 Å². The van der Waals surface area contributed by atoms with Crippen LogP contribution in [0.4, 0.5) is 5.13 Å². The highest BCUT2D eigenvalue weighted by atomic mass is 35.5. The van der Waals surface area contributed by atoms with Gasteiger partial charge in [0.1, 0.15) is 0 Å². The number of halogens is 1. The van der Waals surface area contributed by atoms with Crippen LogP contribution < -0.4 is 4.90 Å². The Morgan fingerprint density at radius 3 is 2.41 bits per heavy atom. The first kappa shape index (κ1) is 21.2. The standard InChI is InChI=1S/C23H23N3OS.ClH/c1-25(2)14-7-15-26(23-24-20-10-5-6-11-21(20)28-23)22(27)19-13-12-17-8-3-4-9-18(17)16-19;/h3-6,8-13,16H,7,14-15H2,1-2H3;1H. The van der Waals surface area contributed by atoms with Gasteiger partial charge in [0, 0.05) is 12.1 Å². The maximum atomic E-state index is 13.4. The normalized spacial score (nSPS) is 11.0. The maximum absolute atomic E-state index is 13.4. The number of amides is 1. The van der Waals surface area contributed by atoms with Gasteiger partial charge in [-0.15, -0.1) is 12.4 Å². The molecule has 0 aliphatic carbocycles. The zero-order chi connectivity index (χ0) is 19.5. The van der Waals surface area contributed by atoms with Crippen LogP contribution in [0.1, 0.15) is 16.8 Å². The second-order valence-corrected chi connectivity index (χ2v) is 8.15. The number of benzene rings is 3. The highest BCUT2D eigenvalue weighted by Crippen LogP contribution is 2.30. The lowest BCUT2D eigenvalue weighted by molar-refractivity contribution is 0.0986. The number of carbonyl (C=O) groups is 1. The van der Waals surface area contributed by atoms with Crippen LogP contribution in [0.5, 0.6) is 0 Å². The number of hydrogen-bond acceptors (Lipinski definition) is 4. The molecule has 4 nitrogen and oxygen atoms in total. The summed E-state index contributed by atoms with van der Waals surface area (Å²) in [7, 11) is 4.10. The molecule has 1 amide bonds. The van der Waals surface area contributed by atoms with Crippen molar-refractivity contribution in [1.29, 1.82) is 0 Å². The third-order valence-electron chi connectivity index (χ3n) is 4.74. The number of rotatable bonds is 6. The largest absolute Gasteiger partial charge is 0.309 e. The summed E-state index contributed by atoms with van der Waals surface area (Å²) in [6.45, 7) is 1.57. The van der Waals surface area contributed by atoms with Crippen LogP contribution in [0.3, 0.4) is 0 Å². The molecule has 0 aliphatic rings. The van der Waals surface area contributed by atoms with Crippen molar-refractivity contribution in [2.24, 2.45) is 0 Å². The predicted molar refractivity (Wildman–Crippen MR) is 126 cm³/mol. The fraction of sp³-hybridized carbons (Fsp3) is 0.217. The molecule has 0 bridgehead atoms. The number of aromatic nitrogens is 1. The summed E-state index contributed by atoms with van der Waals surface area (Å²) in [5.41, 5.74) is 1.63. The predicted octanol–water partition coefficient (Wildman–Crippen LogP) is 5.47. The van der Waals surface area contributed by atoms with Crippen molar-refractivity contribution in [3.8, 4) is 0 Å². The van der Waals surface area contributed by atoms with Gasteiger partial charge in [0.15, 0.2) is 5.13 Å². The first-order chi connectivity index (χ1) is 13.6. The molecule has 0 fully saturated rings. The summed E-state index contributed by atoms with van der Waals surface area (Å²) >= 11 is 1.57. The molecule has 0 radical (unpaired) electrons. The summed E-state index contributed by atoms with van der Waals surface area (Å²) in [6.07, 6.45) is 0.891. The Kier molecular flexibility index (Phi) is 6.85. The molecule has 4 rings (SSSR count). The van der Waals surface area contributed by atoms with E-state index in [1.54, 1.807) is 11.3 Å². The minimum Gasteiger partial charge on any atom is -0.309 e. The molecule has 0 saturated carbocycles. The average molecular weight is 426 g/mol. The minimum atomic E-state index is 0. The molecule has 0 saturated heterocycles. The molecule has 3 aromatic carbocycles. The Bertz CT molecular complexity index is 1090. The number of fused-ring (bicyclic) bond motifs is 2. The summed E-state index contributed by atoms with van der Waals surface area (Å²) in [6, 6.07) is 22.0. The lowest BCUT2D eigenvalue weighted by Crippen LogP contribution is -2.33. The minimum absolute atomic E-state index is 0. The van der Waals surface area contributed by atoms with Crippen molar-refractivity contribution in [2.75, 3.05) is 32.1 Å². The summed E-state index contributed by atoms with van der Waals surface area (Å²) < 4.78 is 1.10. The molecule has 0 atom stereocenters. The Balaban J connectivity index is 0.00000240. The van der Waals surface area contributed by atoms with E-state index in [0.717, 1.165) is 39.1 Å². The van der Waals surface area contributed by atoms with Gasteiger partial charge in [-0.1, -0.05) is 53.8 Å². The summed E-state index contributed by atoms with van der Waals surface area (Å²) in [4.78, 5) is 22.1. The van der Waals surface area contributed by atoms with E-state index in [9.17, 15) is 4.79 Å². The van der Waals surface area contributed by atoms with Gasteiger partial charge < -0.3 is 4.90 Å². The maximum Gasteiger partial charge on any atom is 0.260 e. The van der Waals surface area contributed by atoms with Gasteiger partial charge in [-0.3, -0.25) is 9.69 Å². The van der Waals surface area contributed by atoms with Gasteiger partial charge >= 0.3 is 0 Å². The lowest BCUT2D eigenvalue weighted by atomic mass is 10.1. The zero-order valence-electron chi connectivity index (χ0n) is 16.5. The molecule has 1 heterocycles. The highest BCUT2D eigenvalue weighted by molar-refractivity contribution is 7.22. The van der Waals surface area contributed by atoms with Crippen molar-refractivity contribution >= 4 is 55.8 Å². The fourth-order valence-corrected chi connectivity index (χ4v) is 4.27. The topological polar surface area (TPSA) is 36.4 Å². The second-order valence-electron chi connectivity index (χ2n) is 7.14. The Hall–Kier alpha value is -2.47. The number of anilines is 1. The van der Waals surface area contributed by atoms with Crippen molar-refractivity contribution in [3.05, 3.63) is 72.3 Å². The summed E-state index contributed by atoms with van der Waals surface area (Å²) in [5, 5.41) is 2.97. The number of para-hydroxylation sites is 1. The van der Waals surface area contributed by atoms with E-state index in [1.165, 1.54) is 0 Å². The third-order valence-corrected chi connectivity index (χ3v) is 5.80. The van der Waals surface area contributed by atoms with E-state index in [1.807, 2.05) is 73.6 Å². The molecule has 1 aromatic heterocycles. The molecule has 0 spiro atoms. The number of carbonyl (C=O) groups excluding carboxylic acids is 1. The van der Waals surface area contributed by atoms with E-state index in [0.29, 0.717) is 12.1 Å². The van der Waals surface area contributed by atoms with Gasteiger partial charge in [0.05, 0.1) is 10.2 Å². The van der Waals surface area contributed by atoms with E-state index in [2.05, 4.69) is 17.0 Å². The number of thiazole rings is 1. The fourth-order valence-electron chi connectivity index (χ4n) is 3.28. The van der Waals surface area contributed by atoms with Crippen molar-refractivity contribution in [3.63, 3.8) is 0 Å². The van der Waals surface area contributed by atoms with Gasteiger partial charge in [-0.25, -0.2) is 4.98 Å². The van der Waals surface area contributed by atoms with Crippen LogP contribution in [0.2, 0.25) is 0 Å². The Morgan fingerprint density at radius 2 is 1.66 bits per heavy atom. The third kappa shape index (κ3) is 4.75. The van der Waals surface area contributed by atoms with Crippen LogP contribution in [-0.2, 0) is 0 Å². The molecule has 4 aromatic rings. The molecule has 0 N–H and O–H groups in total. The van der Waals surface area contributed by atoms with Crippen molar-refractivity contribution in [1.82, 2.24) is 9.88 Å². The Morgan fingerprint density at radius 1 is 0.931 bits per heavy atom. The molecular formula is C23H24ClN3OS. The van der Waals surface area contributed by atoms with Gasteiger partial charge in [0.25, 0.3) is 5.91 Å². The average Bonchev–Trinajstić information content (AvgIpc) is 3.14. The van der Waals surface area contributed by atoms with Crippen LogP contribution in [-0.4, -0.2) is 43.0 Å². The van der Waals surface area contributed by atoms with Crippen LogP contribution >= 0.6 is 23.7 Å². The molecule has 0 unspecified atom stereocenters. The number of hydrogen-bond donors (Lipinski definition) is 0. The molecular weight excluding hydrogens is 402 g/mol. The molecule has 6 heteroatoms. The second kappa shape index (κ2) is 9.35.